The van der Waals surface area contributed by atoms with Crippen molar-refractivity contribution in [2.75, 3.05) is 0 Å². The van der Waals surface area contributed by atoms with Crippen molar-refractivity contribution >= 4 is 0 Å². The van der Waals surface area contributed by atoms with Crippen LogP contribution in [0.3, 0.4) is 0 Å². The van der Waals surface area contributed by atoms with Gasteiger partial charge in [-0.05, 0) is 0 Å². The first kappa shape index (κ1) is 15.7. The number of hydrogen-bond acceptors (Lipinski definition) is 1. The van der Waals surface area contributed by atoms with E-state index in [0.29, 0.717) is 0 Å². The van der Waals surface area contributed by atoms with E-state index >= 15 is 0 Å². The van der Waals surface area contributed by atoms with Gasteiger partial charge in [0.25, 0.3) is 0 Å². The van der Waals surface area contributed by atoms with Crippen LogP contribution in [0.4, 0.5) is 13.2 Å². The van der Waals surface area contributed by atoms with Gasteiger partial charge in [0.05, 0.1) is 6.07 Å². The molecule has 0 rings (SSSR count). The van der Waals surface area contributed by atoms with Gasteiger partial charge in [-0.1, -0.05) is 0 Å². The SMILES string of the molecule is CC#N.FC(F)F.[Fe+2]. The van der Waals surface area contributed by atoms with E-state index in [-0.39, 0.29) is 17.1 Å². The molecule has 0 amide bonds. The van der Waals surface area contributed by atoms with Crippen molar-refractivity contribution in [3.63, 3.8) is 0 Å². The summed E-state index contributed by atoms with van der Waals surface area (Å²) in [5.74, 6) is 0. The number of halogens is 3. The van der Waals surface area contributed by atoms with Crippen LogP contribution in [0.15, 0.2) is 0 Å². The van der Waals surface area contributed by atoms with Crippen molar-refractivity contribution in [2.24, 2.45) is 0 Å². The summed E-state index contributed by atoms with van der Waals surface area (Å²) in [5, 5.41) is 7.32. The normalized spacial score (nSPS) is 5.50. The summed E-state index contributed by atoms with van der Waals surface area (Å²) >= 11 is 0. The van der Waals surface area contributed by atoms with Crippen LogP contribution in [-0.4, -0.2) is 6.68 Å². The molecule has 0 aromatic carbocycles. The molecule has 0 bridgehead atoms. The molecule has 0 radical (unpaired) electrons. The summed E-state index contributed by atoms with van der Waals surface area (Å²) < 4.78 is 29.0. The van der Waals surface area contributed by atoms with Gasteiger partial charge < -0.3 is 0 Å². The van der Waals surface area contributed by atoms with Crippen LogP contribution < -0.4 is 0 Å². The molecule has 0 aromatic rings. The van der Waals surface area contributed by atoms with Crippen LogP contribution in [0.2, 0.25) is 0 Å². The topological polar surface area (TPSA) is 23.8 Å². The zero-order valence-electron chi connectivity index (χ0n) is 4.01. The molecule has 48 valence electrons. The standard InChI is InChI=1S/C2H3N.CHF3.Fe/c1-2-3;2-1(3)4;/h1H3;1H;/q;;+2. The van der Waals surface area contributed by atoms with Gasteiger partial charge in [0.2, 0.25) is 0 Å². The molecule has 1 nitrogen and oxygen atoms in total. The van der Waals surface area contributed by atoms with Crippen LogP contribution in [-0.2, 0) is 17.1 Å². The van der Waals surface area contributed by atoms with Crippen LogP contribution in [0.1, 0.15) is 6.92 Å². The summed E-state index contributed by atoms with van der Waals surface area (Å²) in [4.78, 5) is 0. The van der Waals surface area contributed by atoms with E-state index in [1.807, 2.05) is 0 Å². The summed E-state index contributed by atoms with van der Waals surface area (Å²) in [6.45, 7) is -2.24. The van der Waals surface area contributed by atoms with Crippen molar-refractivity contribution in [2.45, 2.75) is 13.6 Å². The molecule has 0 spiro atoms. The first-order chi connectivity index (χ1) is 3.15. The molecule has 0 unspecified atom stereocenters. The Morgan fingerprint density at radius 3 is 1.38 bits per heavy atom. The smallest absolute Gasteiger partial charge is 0.199 e. The van der Waals surface area contributed by atoms with Crippen LogP contribution in [0.5, 0.6) is 0 Å². The number of hydrogen-bond donors (Lipinski definition) is 0. The average Bonchev–Trinajstić information content (AvgIpc) is 1.33. The van der Waals surface area contributed by atoms with E-state index in [2.05, 4.69) is 0 Å². The molecule has 0 aliphatic carbocycles. The van der Waals surface area contributed by atoms with Gasteiger partial charge >= 0.3 is 23.7 Å². The largest absolute Gasteiger partial charge is 2.00 e. The minimum atomic E-state index is -3.67. The van der Waals surface area contributed by atoms with E-state index in [1.54, 1.807) is 6.07 Å². The maximum Gasteiger partial charge on any atom is 2.00 e. The fourth-order valence-corrected chi connectivity index (χ4v) is 0. The second-order valence-corrected chi connectivity index (χ2v) is 0.471. The Morgan fingerprint density at radius 2 is 1.38 bits per heavy atom. The quantitative estimate of drug-likeness (QED) is 0.503. The summed E-state index contributed by atoms with van der Waals surface area (Å²) in [6.07, 6.45) is 0. The molecule has 0 saturated heterocycles. The number of nitriles is 1. The Labute approximate surface area is 56.0 Å². The van der Waals surface area contributed by atoms with Gasteiger partial charge in [-0.15, -0.1) is 0 Å². The molecular weight excluding hydrogens is 163 g/mol. The molecule has 0 aliphatic heterocycles. The molecule has 0 heterocycles. The minimum Gasteiger partial charge on any atom is -0.199 e. The van der Waals surface area contributed by atoms with Crippen molar-refractivity contribution < 1.29 is 30.2 Å². The van der Waals surface area contributed by atoms with Gasteiger partial charge in [-0.25, -0.2) is 0 Å². The zero-order valence-corrected chi connectivity index (χ0v) is 5.12. The number of rotatable bonds is 0. The molecule has 0 saturated carbocycles. The van der Waals surface area contributed by atoms with Gasteiger partial charge in [-0.3, -0.25) is 0 Å². The predicted octanol–water partition coefficient (Wildman–Crippen LogP) is 1.71. The Bertz CT molecular complexity index is 57.3. The van der Waals surface area contributed by atoms with Crippen LogP contribution in [0.25, 0.3) is 0 Å². The van der Waals surface area contributed by atoms with Crippen LogP contribution >= 0.6 is 0 Å². The third-order valence-corrected chi connectivity index (χ3v) is 0. The average molecular weight is 167 g/mol. The fraction of sp³-hybridized carbons (Fsp3) is 0.667. The third kappa shape index (κ3) is 3320. The van der Waals surface area contributed by atoms with E-state index in [9.17, 15) is 13.2 Å². The molecule has 0 atom stereocenters. The second-order valence-electron chi connectivity index (χ2n) is 0.471. The van der Waals surface area contributed by atoms with E-state index in [1.165, 1.54) is 6.92 Å². The summed E-state index contributed by atoms with van der Waals surface area (Å²) in [5.41, 5.74) is 0. The van der Waals surface area contributed by atoms with E-state index in [4.69, 9.17) is 5.26 Å². The van der Waals surface area contributed by atoms with Gasteiger partial charge in [0.15, 0.2) is 0 Å². The second kappa shape index (κ2) is 15.8. The Kier molecular flexibility index (Phi) is 31.0. The Hall–Kier alpha value is -0.201. The summed E-state index contributed by atoms with van der Waals surface area (Å²) in [7, 11) is 0. The van der Waals surface area contributed by atoms with Gasteiger partial charge in [0.1, 0.15) is 0 Å². The van der Waals surface area contributed by atoms with Gasteiger partial charge in [-0.2, -0.15) is 18.4 Å². The maximum atomic E-state index is 9.67. The maximum absolute atomic E-state index is 9.67. The van der Waals surface area contributed by atoms with Crippen molar-refractivity contribution in [3.8, 4) is 6.07 Å². The van der Waals surface area contributed by atoms with Crippen molar-refractivity contribution in [3.05, 3.63) is 0 Å². The Morgan fingerprint density at radius 1 is 1.38 bits per heavy atom. The monoisotopic (exact) mass is 167 g/mol. The molecule has 8 heavy (non-hydrogen) atoms. The zero-order chi connectivity index (χ0) is 6.28. The first-order valence-electron chi connectivity index (χ1n) is 1.38. The first-order valence-corrected chi connectivity index (χ1v) is 1.38. The molecular formula is C3H4F3FeN+2. The summed E-state index contributed by atoms with van der Waals surface area (Å²) in [6, 6.07) is 1.75. The molecule has 0 N–H and O–H groups in total. The molecule has 5 heteroatoms. The van der Waals surface area contributed by atoms with Crippen molar-refractivity contribution in [1.29, 1.82) is 5.26 Å². The molecule has 0 aromatic heterocycles. The minimum absolute atomic E-state index is 0. The van der Waals surface area contributed by atoms with E-state index in [0.717, 1.165) is 0 Å². The fourth-order valence-electron chi connectivity index (χ4n) is 0. The number of alkyl halides is 3. The number of nitrogens with zero attached hydrogens (tertiary/aromatic N) is 1. The third-order valence-electron chi connectivity index (χ3n) is 0. The molecule has 0 aliphatic rings. The Balaban J connectivity index is -0.0000000575. The van der Waals surface area contributed by atoms with E-state index < -0.39 is 6.68 Å². The molecule has 0 fully saturated rings. The van der Waals surface area contributed by atoms with Gasteiger partial charge in [0, 0.05) is 6.92 Å². The van der Waals surface area contributed by atoms with Crippen LogP contribution in [0, 0.1) is 11.3 Å². The van der Waals surface area contributed by atoms with Crippen molar-refractivity contribution in [1.82, 2.24) is 0 Å². The predicted molar refractivity (Wildman–Crippen MR) is 18.4 cm³/mol.